The van der Waals surface area contributed by atoms with Gasteiger partial charge in [0.1, 0.15) is 18.8 Å². The molecule has 12 nitrogen and oxygen atoms in total. The van der Waals surface area contributed by atoms with Gasteiger partial charge in [-0.25, -0.2) is 9.31 Å². The fourth-order valence-corrected chi connectivity index (χ4v) is 3.63. The van der Waals surface area contributed by atoms with E-state index in [9.17, 15) is 19.6 Å². The van der Waals surface area contributed by atoms with Crippen LogP contribution < -0.4 is 5.73 Å². The van der Waals surface area contributed by atoms with Crippen molar-refractivity contribution in [3.63, 3.8) is 0 Å². The molecule has 0 aromatic carbocycles. The second-order valence-electron chi connectivity index (χ2n) is 7.64. The Morgan fingerprint density at radius 1 is 1.24 bits per heavy atom. The van der Waals surface area contributed by atoms with Crippen LogP contribution >= 0.6 is 0 Å². The van der Waals surface area contributed by atoms with Crippen LogP contribution in [0.4, 0.5) is 10.5 Å². The van der Waals surface area contributed by atoms with E-state index in [0.717, 1.165) is 13.8 Å². The van der Waals surface area contributed by atoms with Crippen molar-refractivity contribution in [3.8, 4) is 6.07 Å². The number of carbonyl (C=O) groups is 3. The first kappa shape index (κ1) is 23.8. The Hall–Kier alpha value is -3.85. The lowest BCUT2D eigenvalue weighted by Gasteiger charge is -2.28. The van der Waals surface area contributed by atoms with Crippen LogP contribution in [0.25, 0.3) is 5.52 Å². The molecule has 2 N–H and O–H groups in total. The second kappa shape index (κ2) is 9.33. The number of nitrogens with two attached hydrogens (primary N) is 1. The van der Waals surface area contributed by atoms with Crippen LogP contribution in [-0.2, 0) is 38.9 Å². The maximum atomic E-state index is 11.9. The lowest BCUT2D eigenvalue weighted by molar-refractivity contribution is -0.166. The van der Waals surface area contributed by atoms with Crippen molar-refractivity contribution in [1.29, 1.82) is 5.26 Å². The van der Waals surface area contributed by atoms with E-state index < -0.39 is 54.7 Å². The molecule has 0 bridgehead atoms. The van der Waals surface area contributed by atoms with Gasteiger partial charge in [-0.2, -0.15) is 10.4 Å². The van der Waals surface area contributed by atoms with Gasteiger partial charge in [0.15, 0.2) is 12.2 Å². The van der Waals surface area contributed by atoms with E-state index in [4.69, 9.17) is 29.4 Å². The second-order valence-corrected chi connectivity index (χ2v) is 7.64. The van der Waals surface area contributed by atoms with E-state index in [-0.39, 0.29) is 5.69 Å². The Morgan fingerprint density at radius 2 is 1.94 bits per heavy atom. The Kier molecular flexibility index (Phi) is 6.73. The summed E-state index contributed by atoms with van der Waals surface area (Å²) in [4.78, 5) is 35.7. The van der Waals surface area contributed by atoms with Gasteiger partial charge in [0.2, 0.25) is 5.60 Å². The van der Waals surface area contributed by atoms with E-state index in [0.29, 0.717) is 11.2 Å². The molecule has 2 aromatic heterocycles. The van der Waals surface area contributed by atoms with Gasteiger partial charge in [0.25, 0.3) is 0 Å². The molecular formula is C21H24N4O8. The summed E-state index contributed by atoms with van der Waals surface area (Å²) in [7, 11) is 0. The molecule has 1 aliphatic heterocycles. The summed E-state index contributed by atoms with van der Waals surface area (Å²) >= 11 is 0. The number of ether oxygens (including phenoxy) is 5. The number of nitrogens with zero attached hydrogens (tertiary/aromatic N) is 3. The van der Waals surface area contributed by atoms with E-state index >= 15 is 0 Å². The first-order valence-corrected chi connectivity index (χ1v) is 10.1. The Labute approximate surface area is 189 Å². The summed E-state index contributed by atoms with van der Waals surface area (Å²) < 4.78 is 28.2. The highest BCUT2D eigenvalue weighted by Crippen LogP contribution is 2.43. The Bertz CT molecular complexity index is 1110. The van der Waals surface area contributed by atoms with Gasteiger partial charge < -0.3 is 29.4 Å². The fourth-order valence-electron chi connectivity index (χ4n) is 3.63. The average Bonchev–Trinajstić information content (AvgIpc) is 3.27. The molecule has 1 saturated heterocycles. The molecule has 3 heterocycles. The van der Waals surface area contributed by atoms with Crippen molar-refractivity contribution in [1.82, 2.24) is 9.61 Å². The SMILES string of the molecule is CC(=O)O[C@H]1[C@@H](OC(C)=O)[C@](C#N)(c2ccc3c(N)ccnn23)O[C@@H]1COC(=O)OC(C)C. The maximum Gasteiger partial charge on any atom is 0.508 e. The van der Waals surface area contributed by atoms with Crippen molar-refractivity contribution in [2.24, 2.45) is 0 Å². The van der Waals surface area contributed by atoms with Crippen molar-refractivity contribution in [3.05, 3.63) is 30.1 Å². The van der Waals surface area contributed by atoms with Gasteiger partial charge in [-0.1, -0.05) is 0 Å². The molecule has 1 aliphatic rings. The lowest BCUT2D eigenvalue weighted by atomic mass is 9.92. The van der Waals surface area contributed by atoms with Crippen LogP contribution in [0.5, 0.6) is 0 Å². The van der Waals surface area contributed by atoms with Gasteiger partial charge in [-0.3, -0.25) is 9.59 Å². The molecule has 1 fully saturated rings. The molecular weight excluding hydrogens is 436 g/mol. The van der Waals surface area contributed by atoms with Gasteiger partial charge in [-0.15, -0.1) is 0 Å². The normalized spacial score (nSPS) is 24.3. The highest BCUT2D eigenvalue weighted by atomic mass is 16.7. The molecule has 0 unspecified atom stereocenters. The molecule has 33 heavy (non-hydrogen) atoms. The number of carbonyl (C=O) groups excluding carboxylic acids is 3. The van der Waals surface area contributed by atoms with Gasteiger partial charge in [0.05, 0.1) is 23.0 Å². The summed E-state index contributed by atoms with van der Waals surface area (Å²) in [5.74, 6) is -1.46. The van der Waals surface area contributed by atoms with Gasteiger partial charge in [-0.05, 0) is 32.0 Å². The monoisotopic (exact) mass is 460 g/mol. The minimum absolute atomic E-state index is 0.183. The quantitative estimate of drug-likeness (QED) is 0.490. The third-order valence-electron chi connectivity index (χ3n) is 4.83. The van der Waals surface area contributed by atoms with E-state index in [1.54, 1.807) is 32.0 Å². The number of hydrogen-bond donors (Lipinski definition) is 1. The first-order valence-electron chi connectivity index (χ1n) is 10.1. The number of fused-ring (bicyclic) bond motifs is 1. The van der Waals surface area contributed by atoms with E-state index in [1.807, 2.05) is 6.07 Å². The largest absolute Gasteiger partial charge is 0.508 e. The number of nitriles is 1. The van der Waals surface area contributed by atoms with Crippen molar-refractivity contribution in [2.45, 2.75) is 57.7 Å². The summed E-state index contributed by atoms with van der Waals surface area (Å²) in [5.41, 5.74) is 5.09. The van der Waals surface area contributed by atoms with Crippen LogP contribution in [-0.4, -0.2) is 58.7 Å². The number of esters is 2. The third kappa shape index (κ3) is 4.68. The zero-order valence-corrected chi connectivity index (χ0v) is 18.5. The van der Waals surface area contributed by atoms with Crippen LogP contribution in [0.1, 0.15) is 33.4 Å². The van der Waals surface area contributed by atoms with Crippen LogP contribution in [0.3, 0.4) is 0 Å². The van der Waals surface area contributed by atoms with E-state index in [1.165, 1.54) is 10.7 Å². The van der Waals surface area contributed by atoms with E-state index in [2.05, 4.69) is 5.10 Å². The molecule has 0 radical (unpaired) electrons. The van der Waals surface area contributed by atoms with Crippen molar-refractivity contribution >= 4 is 29.3 Å². The smallest absolute Gasteiger partial charge is 0.455 e. The highest BCUT2D eigenvalue weighted by Gasteiger charge is 2.62. The van der Waals surface area contributed by atoms with Crippen LogP contribution in [0.2, 0.25) is 0 Å². The van der Waals surface area contributed by atoms with Gasteiger partial charge >= 0.3 is 18.1 Å². The Balaban J connectivity index is 2.07. The molecule has 2 aromatic rings. The fraction of sp³-hybridized carbons (Fsp3) is 0.476. The third-order valence-corrected chi connectivity index (χ3v) is 4.83. The summed E-state index contributed by atoms with van der Waals surface area (Å²) in [5, 5.41) is 14.5. The minimum Gasteiger partial charge on any atom is -0.455 e. The molecule has 176 valence electrons. The number of hydrogen-bond acceptors (Lipinski definition) is 11. The molecule has 0 spiro atoms. The Morgan fingerprint density at radius 3 is 2.55 bits per heavy atom. The highest BCUT2D eigenvalue weighted by molar-refractivity contribution is 5.71. The molecule has 3 rings (SSSR count). The lowest BCUT2D eigenvalue weighted by Crippen LogP contribution is -2.45. The molecule has 0 amide bonds. The van der Waals surface area contributed by atoms with Gasteiger partial charge in [0, 0.05) is 20.0 Å². The number of anilines is 1. The number of rotatable bonds is 6. The molecule has 0 aliphatic carbocycles. The van der Waals surface area contributed by atoms with Crippen LogP contribution in [0, 0.1) is 11.3 Å². The zero-order valence-electron chi connectivity index (χ0n) is 18.5. The topological polar surface area (TPSA) is 164 Å². The number of aromatic nitrogens is 2. The maximum absolute atomic E-state index is 11.9. The molecule has 0 saturated carbocycles. The predicted molar refractivity (Wildman–Crippen MR) is 110 cm³/mol. The molecule has 12 heteroatoms. The minimum atomic E-state index is -1.96. The van der Waals surface area contributed by atoms with Crippen molar-refractivity contribution in [2.75, 3.05) is 12.3 Å². The first-order chi connectivity index (χ1) is 15.6. The average molecular weight is 460 g/mol. The standard InChI is InChI=1S/C21H24N4O8/c1-11(2)30-20(28)29-9-16-18(31-12(3)26)19(32-13(4)27)21(10-22,33-16)17-6-5-15-14(23)7-8-24-25(15)17/h5-8,11,16,18-19H,9,23H2,1-4H3/t16-,18-,19-,21+/m1/s1. The number of nitrogen functional groups attached to an aromatic ring is 1. The summed E-state index contributed by atoms with van der Waals surface area (Å²) in [6.07, 6.45) is -3.81. The van der Waals surface area contributed by atoms with Crippen LogP contribution in [0.15, 0.2) is 24.4 Å². The molecule has 4 atom stereocenters. The zero-order chi connectivity index (χ0) is 24.3. The summed E-state index contributed by atoms with van der Waals surface area (Å²) in [6.45, 7) is 5.13. The summed E-state index contributed by atoms with van der Waals surface area (Å²) in [6, 6.07) is 6.78. The van der Waals surface area contributed by atoms with Crippen molar-refractivity contribution < 1.29 is 38.1 Å². The predicted octanol–water partition coefficient (Wildman–Crippen LogP) is 1.46.